The normalized spacial score (nSPS) is 12.2. The summed E-state index contributed by atoms with van der Waals surface area (Å²) in [5, 5.41) is 8.66. The van der Waals surface area contributed by atoms with Gasteiger partial charge in [0, 0.05) is 0 Å². The van der Waals surface area contributed by atoms with Crippen LogP contribution in [0.5, 0.6) is 5.75 Å². The molecule has 2 aromatic heterocycles. The highest BCUT2D eigenvalue weighted by Crippen LogP contribution is 2.28. The van der Waals surface area contributed by atoms with Crippen LogP contribution in [0.2, 0.25) is 0 Å². The van der Waals surface area contributed by atoms with Crippen LogP contribution in [-0.4, -0.2) is 22.2 Å². The fraction of sp³-hybridized carbons (Fsp3) is 0.350. The van der Waals surface area contributed by atoms with Crippen molar-refractivity contribution in [2.45, 2.75) is 46.3 Å². The number of nitrogens with zero attached hydrogens (tertiary/aromatic N) is 2. The van der Waals surface area contributed by atoms with Crippen molar-refractivity contribution >= 4 is 17.2 Å². The van der Waals surface area contributed by atoms with Crippen LogP contribution < -0.4 is 10.1 Å². The quantitative estimate of drug-likeness (QED) is 0.656. The van der Waals surface area contributed by atoms with Crippen LogP contribution in [0, 0.1) is 6.92 Å². The predicted octanol–water partition coefficient (Wildman–Crippen LogP) is 4.31. The van der Waals surface area contributed by atoms with Crippen LogP contribution in [0.25, 0.3) is 10.7 Å². The van der Waals surface area contributed by atoms with Crippen molar-refractivity contribution in [2.24, 2.45) is 0 Å². The minimum Gasteiger partial charge on any atom is -0.481 e. The van der Waals surface area contributed by atoms with Crippen molar-refractivity contribution in [3.05, 3.63) is 52.7 Å². The number of hydrogen-bond acceptors (Lipinski definition) is 6. The summed E-state index contributed by atoms with van der Waals surface area (Å²) in [7, 11) is 0. The van der Waals surface area contributed by atoms with E-state index in [2.05, 4.69) is 29.3 Å². The number of carbonyl (C=O) groups excluding carboxylic acids is 1. The fourth-order valence-electron chi connectivity index (χ4n) is 2.60. The highest BCUT2D eigenvalue weighted by molar-refractivity contribution is 7.13. The molecule has 1 amide bonds. The molecule has 0 bridgehead atoms. The van der Waals surface area contributed by atoms with Crippen molar-refractivity contribution in [2.75, 3.05) is 0 Å². The second-order valence-electron chi connectivity index (χ2n) is 6.66. The Bertz CT molecular complexity index is 903. The van der Waals surface area contributed by atoms with E-state index in [9.17, 15) is 4.79 Å². The van der Waals surface area contributed by atoms with E-state index in [-0.39, 0.29) is 12.5 Å². The van der Waals surface area contributed by atoms with Crippen molar-refractivity contribution < 1.29 is 14.1 Å². The largest absolute Gasteiger partial charge is 0.481 e. The van der Waals surface area contributed by atoms with Gasteiger partial charge in [0.1, 0.15) is 5.75 Å². The first-order valence-electron chi connectivity index (χ1n) is 8.85. The Labute approximate surface area is 162 Å². The van der Waals surface area contributed by atoms with Gasteiger partial charge in [-0.05, 0) is 48.4 Å². The summed E-state index contributed by atoms with van der Waals surface area (Å²) < 4.78 is 11.1. The van der Waals surface area contributed by atoms with E-state index in [1.807, 2.05) is 42.6 Å². The van der Waals surface area contributed by atoms with Gasteiger partial charge in [-0.25, -0.2) is 0 Å². The molecule has 0 radical (unpaired) electrons. The van der Waals surface area contributed by atoms with Gasteiger partial charge in [0.2, 0.25) is 11.7 Å². The lowest BCUT2D eigenvalue weighted by atomic mass is 10.0. The summed E-state index contributed by atoms with van der Waals surface area (Å²) in [4.78, 5) is 17.6. The fourth-order valence-corrected chi connectivity index (χ4v) is 3.25. The lowest BCUT2D eigenvalue weighted by molar-refractivity contribution is -0.127. The molecular formula is C20H23N3O3S. The maximum Gasteiger partial charge on any atom is 0.261 e. The third-order valence-electron chi connectivity index (χ3n) is 4.09. The van der Waals surface area contributed by atoms with Gasteiger partial charge >= 0.3 is 0 Å². The molecule has 0 spiro atoms. The smallest absolute Gasteiger partial charge is 0.261 e. The number of aromatic nitrogens is 2. The predicted molar refractivity (Wildman–Crippen MR) is 105 cm³/mol. The lowest BCUT2D eigenvalue weighted by Crippen LogP contribution is -2.36. The molecule has 6 nitrogen and oxygen atoms in total. The van der Waals surface area contributed by atoms with Crippen LogP contribution in [-0.2, 0) is 11.3 Å². The summed E-state index contributed by atoms with van der Waals surface area (Å²) in [5.41, 5.74) is 2.17. The second kappa shape index (κ2) is 8.35. The van der Waals surface area contributed by atoms with Crippen LogP contribution in [0.15, 0.2) is 40.2 Å². The third-order valence-corrected chi connectivity index (χ3v) is 4.95. The van der Waals surface area contributed by atoms with Crippen LogP contribution in [0.3, 0.4) is 0 Å². The monoisotopic (exact) mass is 385 g/mol. The summed E-state index contributed by atoms with van der Waals surface area (Å²) in [6.07, 6.45) is -0.635. The number of amides is 1. The van der Waals surface area contributed by atoms with Crippen molar-refractivity contribution in [3.8, 4) is 16.5 Å². The van der Waals surface area contributed by atoms with Crippen LogP contribution in [0.4, 0.5) is 0 Å². The molecule has 1 atom stereocenters. The van der Waals surface area contributed by atoms with Gasteiger partial charge in [0.15, 0.2) is 6.10 Å². The van der Waals surface area contributed by atoms with Crippen molar-refractivity contribution in [1.82, 2.24) is 15.5 Å². The van der Waals surface area contributed by atoms with E-state index in [0.29, 0.717) is 17.6 Å². The summed E-state index contributed by atoms with van der Waals surface area (Å²) >= 11 is 1.53. The van der Waals surface area contributed by atoms with E-state index >= 15 is 0 Å². The molecule has 7 heteroatoms. The average Bonchev–Trinajstić information content (AvgIpc) is 3.30. The minimum absolute atomic E-state index is 0.162. The first-order chi connectivity index (χ1) is 12.9. The number of rotatable bonds is 7. The van der Waals surface area contributed by atoms with Gasteiger partial charge < -0.3 is 14.6 Å². The molecule has 0 saturated carbocycles. The Kier molecular flexibility index (Phi) is 5.91. The van der Waals surface area contributed by atoms with E-state index in [1.54, 1.807) is 6.92 Å². The number of nitrogens with one attached hydrogen (secondary N) is 1. The van der Waals surface area contributed by atoms with Crippen LogP contribution >= 0.6 is 11.3 Å². The molecule has 1 aromatic carbocycles. The van der Waals surface area contributed by atoms with E-state index in [4.69, 9.17) is 9.26 Å². The zero-order valence-corrected chi connectivity index (χ0v) is 16.7. The average molecular weight is 385 g/mol. The van der Waals surface area contributed by atoms with Gasteiger partial charge in [0.05, 0.1) is 11.4 Å². The maximum absolute atomic E-state index is 12.4. The van der Waals surface area contributed by atoms with Crippen molar-refractivity contribution in [3.63, 3.8) is 0 Å². The molecule has 0 saturated heterocycles. The Hall–Kier alpha value is -2.67. The van der Waals surface area contributed by atoms with E-state index in [1.165, 1.54) is 11.3 Å². The van der Waals surface area contributed by atoms with Gasteiger partial charge in [0.25, 0.3) is 5.91 Å². The maximum atomic E-state index is 12.4. The molecule has 142 valence electrons. The molecule has 1 unspecified atom stereocenters. The zero-order chi connectivity index (χ0) is 19.4. The molecule has 1 N–H and O–H groups in total. The molecule has 2 heterocycles. The SMILES string of the molecule is Cc1ccc(C(C)C)c(OC(C)C(=O)NCc2nc(-c3cccs3)no2)c1. The highest BCUT2D eigenvalue weighted by Gasteiger charge is 2.18. The number of thiophene rings is 1. The first-order valence-corrected chi connectivity index (χ1v) is 9.73. The standard InChI is InChI=1S/C20H23N3O3S/c1-12(2)15-8-7-13(3)10-16(15)25-14(4)20(24)21-11-18-22-19(23-26-18)17-6-5-9-27-17/h5-10,12,14H,11H2,1-4H3,(H,21,24). The summed E-state index contributed by atoms with van der Waals surface area (Å²) in [6.45, 7) is 8.09. The first kappa shape index (κ1) is 19.1. The molecule has 3 rings (SSSR count). The molecule has 0 fully saturated rings. The lowest BCUT2D eigenvalue weighted by Gasteiger charge is -2.19. The Balaban J connectivity index is 1.59. The molecule has 0 aliphatic rings. The molecular weight excluding hydrogens is 362 g/mol. The number of carbonyl (C=O) groups is 1. The Morgan fingerprint density at radius 1 is 1.30 bits per heavy atom. The van der Waals surface area contributed by atoms with Gasteiger partial charge in [-0.15, -0.1) is 11.3 Å². The third kappa shape index (κ3) is 4.74. The number of benzene rings is 1. The number of hydrogen-bond donors (Lipinski definition) is 1. The Morgan fingerprint density at radius 2 is 2.11 bits per heavy atom. The topological polar surface area (TPSA) is 77.2 Å². The Morgan fingerprint density at radius 3 is 2.81 bits per heavy atom. The van der Waals surface area contributed by atoms with Gasteiger partial charge in [-0.2, -0.15) is 4.98 Å². The van der Waals surface area contributed by atoms with Gasteiger partial charge in [-0.3, -0.25) is 4.79 Å². The summed E-state index contributed by atoms with van der Waals surface area (Å²) in [6, 6.07) is 9.90. The minimum atomic E-state index is -0.635. The molecule has 3 aromatic rings. The highest BCUT2D eigenvalue weighted by atomic mass is 32.1. The molecule has 0 aliphatic heterocycles. The molecule has 27 heavy (non-hydrogen) atoms. The summed E-state index contributed by atoms with van der Waals surface area (Å²) in [5.74, 6) is 1.70. The van der Waals surface area contributed by atoms with E-state index < -0.39 is 6.10 Å². The zero-order valence-electron chi connectivity index (χ0n) is 15.9. The van der Waals surface area contributed by atoms with Gasteiger partial charge in [-0.1, -0.05) is 37.2 Å². The number of ether oxygens (including phenoxy) is 1. The number of aryl methyl sites for hydroxylation is 1. The molecule has 0 aliphatic carbocycles. The van der Waals surface area contributed by atoms with E-state index in [0.717, 1.165) is 21.8 Å². The van der Waals surface area contributed by atoms with Crippen molar-refractivity contribution in [1.29, 1.82) is 0 Å². The van der Waals surface area contributed by atoms with Crippen LogP contribution in [0.1, 0.15) is 43.7 Å². The second-order valence-corrected chi connectivity index (χ2v) is 7.61.